The molecule has 0 aliphatic carbocycles. The van der Waals surface area contributed by atoms with Gasteiger partial charge >= 0.3 is 0 Å². The molecule has 0 spiro atoms. The Labute approximate surface area is 135 Å². The number of anilines is 3. The van der Waals surface area contributed by atoms with Crippen LogP contribution in [0.2, 0.25) is 5.02 Å². The Kier molecular flexibility index (Phi) is 4.75. The first-order valence-electron chi connectivity index (χ1n) is 7.57. The molecule has 3 rings (SSSR count). The molecule has 0 radical (unpaired) electrons. The summed E-state index contributed by atoms with van der Waals surface area (Å²) in [5.41, 5.74) is 0.851. The van der Waals surface area contributed by atoms with Crippen molar-refractivity contribution in [1.82, 2.24) is 14.9 Å². The van der Waals surface area contributed by atoms with Crippen LogP contribution in [0.3, 0.4) is 0 Å². The molecule has 0 bridgehead atoms. The highest BCUT2D eigenvalue weighted by molar-refractivity contribution is 6.33. The molecule has 1 aromatic heterocycles. The summed E-state index contributed by atoms with van der Waals surface area (Å²) in [5, 5.41) is 3.93. The topological polar surface area (TPSA) is 44.3 Å². The molecule has 1 aromatic carbocycles. The summed E-state index contributed by atoms with van der Waals surface area (Å²) in [4.78, 5) is 13.4. The van der Waals surface area contributed by atoms with Crippen LogP contribution in [0.5, 0.6) is 0 Å². The number of likely N-dealkylation sites (N-methyl/N-ethyl adjacent to an activating group) is 1. The van der Waals surface area contributed by atoms with Crippen molar-refractivity contribution >= 4 is 28.9 Å². The summed E-state index contributed by atoms with van der Waals surface area (Å²) < 4.78 is 0. The van der Waals surface area contributed by atoms with Crippen LogP contribution < -0.4 is 10.2 Å². The monoisotopic (exact) mass is 317 g/mol. The van der Waals surface area contributed by atoms with Gasteiger partial charge in [-0.1, -0.05) is 30.7 Å². The summed E-state index contributed by atoms with van der Waals surface area (Å²) in [6.45, 7) is 7.46. The van der Waals surface area contributed by atoms with Gasteiger partial charge in [-0.15, -0.1) is 0 Å². The second kappa shape index (κ2) is 6.94. The average molecular weight is 318 g/mol. The quantitative estimate of drug-likeness (QED) is 0.939. The third-order valence-corrected chi connectivity index (χ3v) is 4.26. The average Bonchev–Trinajstić information content (AvgIpc) is 2.57. The fourth-order valence-corrected chi connectivity index (χ4v) is 2.77. The molecule has 0 unspecified atom stereocenters. The Morgan fingerprint density at radius 1 is 1.14 bits per heavy atom. The van der Waals surface area contributed by atoms with E-state index in [2.05, 4.69) is 32.0 Å². The molecule has 0 amide bonds. The third-order valence-electron chi connectivity index (χ3n) is 3.93. The number of para-hydroxylation sites is 1. The van der Waals surface area contributed by atoms with Crippen molar-refractivity contribution in [2.75, 3.05) is 42.9 Å². The first-order valence-corrected chi connectivity index (χ1v) is 7.95. The molecule has 1 aliphatic heterocycles. The Balaban J connectivity index is 1.72. The lowest BCUT2D eigenvalue weighted by Gasteiger charge is -2.34. The van der Waals surface area contributed by atoms with Gasteiger partial charge in [-0.2, -0.15) is 0 Å². The molecule has 0 saturated carbocycles. The minimum absolute atomic E-state index is 0.680. The van der Waals surface area contributed by atoms with E-state index < -0.39 is 0 Å². The molecule has 22 heavy (non-hydrogen) atoms. The minimum atomic E-state index is 0.680. The maximum Gasteiger partial charge on any atom is 0.135 e. The van der Waals surface area contributed by atoms with Gasteiger partial charge in [0.05, 0.1) is 10.7 Å². The van der Waals surface area contributed by atoms with Crippen LogP contribution in [0.4, 0.5) is 17.3 Å². The number of nitrogens with one attached hydrogen (secondary N) is 1. The Hall–Kier alpha value is -1.85. The van der Waals surface area contributed by atoms with E-state index in [4.69, 9.17) is 11.6 Å². The van der Waals surface area contributed by atoms with Crippen LogP contribution in [0.15, 0.2) is 36.7 Å². The molecule has 6 heteroatoms. The molecule has 1 saturated heterocycles. The van der Waals surface area contributed by atoms with Gasteiger partial charge in [0.15, 0.2) is 0 Å². The van der Waals surface area contributed by atoms with Gasteiger partial charge < -0.3 is 15.1 Å². The highest BCUT2D eigenvalue weighted by Gasteiger charge is 2.17. The number of piperazine rings is 1. The Morgan fingerprint density at radius 3 is 2.64 bits per heavy atom. The van der Waals surface area contributed by atoms with Crippen molar-refractivity contribution < 1.29 is 0 Å². The lowest BCUT2D eigenvalue weighted by molar-refractivity contribution is 0.270. The van der Waals surface area contributed by atoms with Crippen LogP contribution in [0, 0.1) is 0 Å². The number of hydrogen-bond donors (Lipinski definition) is 1. The Morgan fingerprint density at radius 2 is 1.91 bits per heavy atom. The van der Waals surface area contributed by atoms with Gasteiger partial charge in [0, 0.05) is 32.2 Å². The van der Waals surface area contributed by atoms with Crippen molar-refractivity contribution in [3.05, 3.63) is 41.7 Å². The largest absolute Gasteiger partial charge is 0.354 e. The van der Waals surface area contributed by atoms with Crippen molar-refractivity contribution in [2.24, 2.45) is 0 Å². The molecular weight excluding hydrogens is 298 g/mol. The number of rotatable bonds is 4. The highest BCUT2D eigenvalue weighted by Crippen LogP contribution is 2.25. The smallest absolute Gasteiger partial charge is 0.135 e. The highest BCUT2D eigenvalue weighted by atomic mass is 35.5. The standard InChI is InChI=1S/C16H20ClN5/c1-2-21-7-9-22(10-8-21)16-11-15(18-12-19-16)20-14-6-4-3-5-13(14)17/h3-6,11-12H,2,7-10H2,1H3,(H,18,19,20). The first-order chi connectivity index (χ1) is 10.8. The van der Waals surface area contributed by atoms with Crippen molar-refractivity contribution in [2.45, 2.75) is 6.92 Å². The number of benzene rings is 1. The second-order valence-electron chi connectivity index (χ2n) is 5.29. The summed E-state index contributed by atoms with van der Waals surface area (Å²) in [6, 6.07) is 9.62. The van der Waals surface area contributed by atoms with Gasteiger partial charge in [-0.05, 0) is 18.7 Å². The van der Waals surface area contributed by atoms with Crippen molar-refractivity contribution in [1.29, 1.82) is 0 Å². The van der Waals surface area contributed by atoms with E-state index >= 15 is 0 Å². The molecule has 5 nitrogen and oxygen atoms in total. The molecular formula is C16H20ClN5. The molecule has 116 valence electrons. The Bertz CT molecular complexity index is 625. The van der Waals surface area contributed by atoms with E-state index in [0.717, 1.165) is 50.0 Å². The van der Waals surface area contributed by atoms with E-state index in [9.17, 15) is 0 Å². The predicted octanol–water partition coefficient (Wildman–Crippen LogP) is 3.02. The molecule has 1 fully saturated rings. The van der Waals surface area contributed by atoms with Crippen LogP contribution in [-0.2, 0) is 0 Å². The van der Waals surface area contributed by atoms with E-state index in [1.165, 1.54) is 0 Å². The van der Waals surface area contributed by atoms with Crippen molar-refractivity contribution in [3.63, 3.8) is 0 Å². The molecule has 2 aromatic rings. The number of halogens is 1. The SMILES string of the molecule is CCN1CCN(c2cc(Nc3ccccc3Cl)ncn2)CC1. The molecule has 1 aliphatic rings. The zero-order valence-electron chi connectivity index (χ0n) is 12.7. The summed E-state index contributed by atoms with van der Waals surface area (Å²) in [7, 11) is 0. The zero-order chi connectivity index (χ0) is 15.4. The van der Waals surface area contributed by atoms with Crippen LogP contribution in [0.25, 0.3) is 0 Å². The molecule has 1 N–H and O–H groups in total. The van der Waals surface area contributed by atoms with E-state index in [0.29, 0.717) is 5.02 Å². The summed E-state index contributed by atoms with van der Waals surface area (Å²) >= 11 is 6.17. The van der Waals surface area contributed by atoms with E-state index in [-0.39, 0.29) is 0 Å². The maximum atomic E-state index is 6.17. The van der Waals surface area contributed by atoms with Gasteiger partial charge in [0.1, 0.15) is 18.0 Å². The van der Waals surface area contributed by atoms with Crippen molar-refractivity contribution in [3.8, 4) is 0 Å². The fourth-order valence-electron chi connectivity index (χ4n) is 2.58. The lowest BCUT2D eigenvalue weighted by Crippen LogP contribution is -2.46. The van der Waals surface area contributed by atoms with Crippen LogP contribution in [0.1, 0.15) is 6.92 Å². The normalized spacial score (nSPS) is 15.8. The first kappa shape index (κ1) is 15.1. The van der Waals surface area contributed by atoms with E-state index in [1.807, 2.05) is 30.3 Å². The van der Waals surface area contributed by atoms with Crippen LogP contribution >= 0.6 is 11.6 Å². The fraction of sp³-hybridized carbons (Fsp3) is 0.375. The molecule has 0 atom stereocenters. The number of aromatic nitrogens is 2. The summed E-state index contributed by atoms with van der Waals surface area (Å²) in [5.74, 6) is 1.72. The van der Waals surface area contributed by atoms with Crippen LogP contribution in [-0.4, -0.2) is 47.6 Å². The van der Waals surface area contributed by atoms with Gasteiger partial charge in [0.2, 0.25) is 0 Å². The van der Waals surface area contributed by atoms with E-state index in [1.54, 1.807) is 6.33 Å². The van der Waals surface area contributed by atoms with Gasteiger partial charge in [-0.25, -0.2) is 9.97 Å². The predicted molar refractivity (Wildman–Crippen MR) is 91.1 cm³/mol. The van der Waals surface area contributed by atoms with Gasteiger partial charge in [0.25, 0.3) is 0 Å². The minimum Gasteiger partial charge on any atom is -0.354 e. The lowest BCUT2D eigenvalue weighted by atomic mass is 10.3. The zero-order valence-corrected chi connectivity index (χ0v) is 13.4. The second-order valence-corrected chi connectivity index (χ2v) is 5.69. The summed E-state index contributed by atoms with van der Waals surface area (Å²) in [6.07, 6.45) is 1.60. The third kappa shape index (κ3) is 3.48. The maximum absolute atomic E-state index is 6.17. The number of hydrogen-bond acceptors (Lipinski definition) is 5. The number of nitrogens with zero attached hydrogens (tertiary/aromatic N) is 4. The molecule has 2 heterocycles. The van der Waals surface area contributed by atoms with Gasteiger partial charge in [-0.3, -0.25) is 0 Å².